The summed E-state index contributed by atoms with van der Waals surface area (Å²) in [6.07, 6.45) is 21.1. The predicted octanol–water partition coefficient (Wildman–Crippen LogP) is 4.91. The van der Waals surface area contributed by atoms with Gasteiger partial charge < -0.3 is 24.8 Å². The molecule has 0 spiro atoms. The Morgan fingerprint density at radius 1 is 0.867 bits per heavy atom. The molecule has 0 amide bonds. The van der Waals surface area contributed by atoms with Crippen LogP contribution in [0.1, 0.15) is 103 Å². The van der Waals surface area contributed by atoms with E-state index in [0.29, 0.717) is 6.61 Å². The highest BCUT2D eigenvalue weighted by Gasteiger charge is 2.40. The van der Waals surface area contributed by atoms with Crippen LogP contribution in [0.25, 0.3) is 0 Å². The highest BCUT2D eigenvalue weighted by atomic mass is 16.6. The molecular weight excluding hydrogens is 380 g/mol. The van der Waals surface area contributed by atoms with Crippen LogP contribution in [0.15, 0.2) is 12.2 Å². The summed E-state index contributed by atoms with van der Waals surface area (Å²) in [4.78, 5) is 0. The van der Waals surface area contributed by atoms with Gasteiger partial charge in [-0.25, -0.2) is 0 Å². The highest BCUT2D eigenvalue weighted by molar-refractivity contribution is 4.89. The van der Waals surface area contributed by atoms with E-state index in [-0.39, 0.29) is 13.2 Å². The lowest BCUT2D eigenvalue weighted by Crippen LogP contribution is -2.42. The molecule has 5 nitrogen and oxygen atoms in total. The van der Waals surface area contributed by atoms with Crippen molar-refractivity contribution in [2.75, 3.05) is 19.8 Å². The zero-order chi connectivity index (χ0) is 21.9. The topological polar surface area (TPSA) is 79.2 Å². The number of hydrogen-bond acceptors (Lipinski definition) is 5. The van der Waals surface area contributed by atoms with Crippen LogP contribution in [0.3, 0.4) is 0 Å². The van der Waals surface area contributed by atoms with Crippen molar-refractivity contribution < 1.29 is 24.8 Å². The van der Waals surface area contributed by atoms with Gasteiger partial charge in [0.15, 0.2) is 0 Å². The minimum atomic E-state index is -1.01. The second-order valence-electron chi connectivity index (χ2n) is 8.74. The monoisotopic (exact) mass is 428 g/mol. The summed E-state index contributed by atoms with van der Waals surface area (Å²) >= 11 is 0. The van der Waals surface area contributed by atoms with Gasteiger partial charge in [0.25, 0.3) is 0 Å². The Balaban J connectivity index is 1.86. The van der Waals surface area contributed by atoms with Crippen molar-refractivity contribution >= 4 is 0 Å². The lowest BCUT2D eigenvalue weighted by Gasteiger charge is -2.23. The fraction of sp³-hybridized carbons (Fsp3) is 0.920. The first kappa shape index (κ1) is 27.6. The maximum Gasteiger partial charge on any atom is 0.114 e. The number of unbranched alkanes of at least 4 members (excludes halogenated alkanes) is 13. The molecule has 3 N–H and O–H groups in total. The van der Waals surface area contributed by atoms with Crippen molar-refractivity contribution in [2.45, 2.75) is 128 Å². The van der Waals surface area contributed by atoms with Gasteiger partial charge in [0, 0.05) is 6.61 Å². The highest BCUT2D eigenvalue weighted by Crippen LogP contribution is 2.21. The molecule has 0 aromatic heterocycles. The third-order valence-electron chi connectivity index (χ3n) is 5.95. The van der Waals surface area contributed by atoms with Gasteiger partial charge in [-0.3, -0.25) is 0 Å². The molecule has 5 heteroatoms. The van der Waals surface area contributed by atoms with Gasteiger partial charge in [0.05, 0.1) is 13.2 Å². The number of hydrogen-bond donors (Lipinski definition) is 3. The summed E-state index contributed by atoms with van der Waals surface area (Å²) in [6.45, 7) is 2.54. The molecule has 0 unspecified atom stereocenters. The first-order chi connectivity index (χ1) is 14.7. The van der Waals surface area contributed by atoms with Crippen LogP contribution in [0.5, 0.6) is 0 Å². The van der Waals surface area contributed by atoms with Crippen molar-refractivity contribution in [3.8, 4) is 0 Å². The summed E-state index contributed by atoms with van der Waals surface area (Å²) in [5.74, 6) is 0. The molecule has 0 aliphatic carbocycles. The van der Waals surface area contributed by atoms with Gasteiger partial charge in [-0.05, 0) is 25.7 Å². The first-order valence-electron chi connectivity index (χ1n) is 12.6. The van der Waals surface area contributed by atoms with Gasteiger partial charge in [0.1, 0.15) is 24.4 Å². The maximum atomic E-state index is 9.89. The Morgan fingerprint density at radius 2 is 1.40 bits per heavy atom. The summed E-state index contributed by atoms with van der Waals surface area (Å²) in [5.41, 5.74) is 0. The molecule has 1 aliphatic rings. The lowest BCUT2D eigenvalue weighted by molar-refractivity contribution is -0.0935. The molecule has 4 atom stereocenters. The van der Waals surface area contributed by atoms with Crippen LogP contribution in [0.2, 0.25) is 0 Å². The minimum absolute atomic E-state index is 0.144. The van der Waals surface area contributed by atoms with Crippen molar-refractivity contribution in [1.82, 2.24) is 0 Å². The van der Waals surface area contributed by atoms with Crippen LogP contribution >= 0.6 is 0 Å². The van der Waals surface area contributed by atoms with E-state index in [1.807, 2.05) is 0 Å². The van der Waals surface area contributed by atoms with E-state index in [1.165, 1.54) is 77.0 Å². The standard InChI is InChI=1S/C25H48O5/c1-2-3-4-5-6-7-8-9-10-11-12-13-14-15-16-17-18-19-29-25-23(28)21-30-24(25)22(27)20-26/h15-16,22-28H,2-14,17-21H2,1H3/b16-15+/t22-,23+,24-,25-/m1/s1. The minimum Gasteiger partial charge on any atom is -0.394 e. The average Bonchev–Trinajstić information content (AvgIpc) is 3.12. The number of aliphatic hydroxyl groups is 3. The second kappa shape index (κ2) is 19.2. The van der Waals surface area contributed by atoms with E-state index >= 15 is 0 Å². The van der Waals surface area contributed by atoms with E-state index in [2.05, 4.69) is 19.1 Å². The van der Waals surface area contributed by atoms with Crippen LogP contribution in [-0.4, -0.2) is 59.6 Å². The molecule has 1 fully saturated rings. The normalized spacial score (nSPS) is 22.9. The molecule has 178 valence electrons. The molecule has 1 rings (SSSR count). The Labute approximate surface area is 184 Å². The van der Waals surface area contributed by atoms with Crippen molar-refractivity contribution in [1.29, 1.82) is 0 Å². The van der Waals surface area contributed by atoms with Gasteiger partial charge in [-0.2, -0.15) is 0 Å². The second-order valence-corrected chi connectivity index (χ2v) is 8.74. The van der Waals surface area contributed by atoms with Gasteiger partial charge in [-0.1, -0.05) is 89.7 Å². The Morgan fingerprint density at radius 3 is 1.97 bits per heavy atom. The molecule has 0 aromatic rings. The maximum absolute atomic E-state index is 9.89. The molecule has 0 saturated carbocycles. The third-order valence-corrected chi connectivity index (χ3v) is 5.95. The van der Waals surface area contributed by atoms with E-state index in [0.717, 1.165) is 19.3 Å². The number of allylic oxidation sites excluding steroid dienone is 2. The predicted molar refractivity (Wildman–Crippen MR) is 123 cm³/mol. The summed E-state index contributed by atoms with van der Waals surface area (Å²) in [5, 5.41) is 28.7. The van der Waals surface area contributed by atoms with Crippen molar-refractivity contribution in [2.24, 2.45) is 0 Å². The summed E-state index contributed by atoms with van der Waals surface area (Å²) in [7, 11) is 0. The fourth-order valence-corrected chi connectivity index (χ4v) is 4.02. The fourth-order valence-electron chi connectivity index (χ4n) is 4.02. The Hall–Kier alpha value is -0.460. The van der Waals surface area contributed by atoms with E-state index in [4.69, 9.17) is 14.6 Å². The molecule has 0 bridgehead atoms. The molecular formula is C25H48O5. The number of aliphatic hydroxyl groups excluding tert-OH is 3. The van der Waals surface area contributed by atoms with Crippen LogP contribution in [0.4, 0.5) is 0 Å². The zero-order valence-electron chi connectivity index (χ0n) is 19.4. The number of ether oxygens (including phenoxy) is 2. The average molecular weight is 429 g/mol. The zero-order valence-corrected chi connectivity index (χ0v) is 19.4. The molecule has 1 aliphatic heterocycles. The van der Waals surface area contributed by atoms with E-state index in [1.54, 1.807) is 0 Å². The van der Waals surface area contributed by atoms with Gasteiger partial charge in [0.2, 0.25) is 0 Å². The molecule has 0 aromatic carbocycles. The van der Waals surface area contributed by atoms with Gasteiger partial charge in [-0.15, -0.1) is 0 Å². The summed E-state index contributed by atoms with van der Waals surface area (Å²) in [6, 6.07) is 0. The molecule has 1 heterocycles. The quantitative estimate of drug-likeness (QED) is 0.190. The Kier molecular flexibility index (Phi) is 17.7. The first-order valence-corrected chi connectivity index (χ1v) is 12.6. The van der Waals surface area contributed by atoms with E-state index < -0.39 is 24.4 Å². The lowest BCUT2D eigenvalue weighted by atomic mass is 10.0. The third kappa shape index (κ3) is 13.1. The largest absolute Gasteiger partial charge is 0.394 e. The van der Waals surface area contributed by atoms with Crippen molar-refractivity contribution in [3.05, 3.63) is 12.2 Å². The van der Waals surface area contributed by atoms with Crippen LogP contribution < -0.4 is 0 Å². The van der Waals surface area contributed by atoms with Crippen LogP contribution in [-0.2, 0) is 9.47 Å². The Bertz CT molecular complexity index is 401. The smallest absolute Gasteiger partial charge is 0.114 e. The van der Waals surface area contributed by atoms with Gasteiger partial charge >= 0.3 is 0 Å². The van der Waals surface area contributed by atoms with Crippen molar-refractivity contribution in [3.63, 3.8) is 0 Å². The SMILES string of the molecule is CCCCCCCCCCCCCC/C=C/CCCO[C@H]1[C@@H]([C@H](O)CO)OC[C@@H]1O. The molecule has 1 saturated heterocycles. The summed E-state index contributed by atoms with van der Waals surface area (Å²) < 4.78 is 11.0. The molecule has 0 radical (unpaired) electrons. The van der Waals surface area contributed by atoms with E-state index in [9.17, 15) is 10.2 Å². The van der Waals surface area contributed by atoms with Crippen LogP contribution in [0, 0.1) is 0 Å². The number of rotatable bonds is 20. The molecule has 30 heavy (non-hydrogen) atoms.